The maximum absolute atomic E-state index is 2.58. The molecule has 1 aliphatic rings. The van der Waals surface area contributed by atoms with Crippen molar-refractivity contribution in [2.45, 2.75) is 45.3 Å². The van der Waals surface area contributed by atoms with Gasteiger partial charge < -0.3 is 0 Å². The summed E-state index contributed by atoms with van der Waals surface area (Å²) in [5.74, 6) is 0. The third kappa shape index (κ3) is 3.11. The van der Waals surface area contributed by atoms with Crippen LogP contribution in [-0.4, -0.2) is 23.0 Å². The summed E-state index contributed by atoms with van der Waals surface area (Å²) in [5, 5.41) is 0. The fourth-order valence-electron chi connectivity index (χ4n) is 2.83. The predicted molar refractivity (Wildman–Crippen MR) is 78.7 cm³/mol. The Balaban J connectivity index is 2.07. The summed E-state index contributed by atoms with van der Waals surface area (Å²) in [7, 11) is 0. The fourth-order valence-corrected chi connectivity index (χ4v) is 2.83. The summed E-state index contributed by atoms with van der Waals surface area (Å²) < 4.78 is 0. The Hall–Kier alpha value is -1.34. The van der Waals surface area contributed by atoms with Crippen LogP contribution in [0.1, 0.15) is 26.3 Å². The van der Waals surface area contributed by atoms with Crippen LogP contribution in [0.25, 0.3) is 0 Å². The number of rotatable bonds is 5. The molecule has 1 unspecified atom stereocenters. The topological polar surface area (TPSA) is 3.24 Å². The molecule has 0 N–H and O–H groups in total. The van der Waals surface area contributed by atoms with Gasteiger partial charge in [0, 0.05) is 18.1 Å². The minimum atomic E-state index is 0.462. The van der Waals surface area contributed by atoms with Crippen LogP contribution in [-0.2, 0) is 6.42 Å². The molecular formula is C17H23N. The Morgan fingerprint density at radius 1 is 1.00 bits per heavy atom. The molecule has 0 aliphatic heterocycles. The van der Waals surface area contributed by atoms with Crippen molar-refractivity contribution in [1.82, 2.24) is 4.90 Å². The summed E-state index contributed by atoms with van der Waals surface area (Å²) in [4.78, 5) is 2.58. The molecule has 0 saturated carbocycles. The van der Waals surface area contributed by atoms with Crippen LogP contribution in [0.15, 0.2) is 54.6 Å². The number of benzene rings is 1. The van der Waals surface area contributed by atoms with Gasteiger partial charge in [-0.05, 0) is 32.8 Å². The third-order valence-corrected chi connectivity index (χ3v) is 3.55. The molecule has 1 aromatic rings. The standard InChI is InChI=1S/C17H23N/c1-14(2)18(17-11-7-8-12-17)15(3)13-16-9-5-4-6-10-16/h4-12,14-15,17H,13H2,1-3H3. The normalized spacial score (nSPS) is 16.9. The monoisotopic (exact) mass is 241 g/mol. The SMILES string of the molecule is CC(C)N(C1C=CC=C1)C(C)Cc1ccccc1. The van der Waals surface area contributed by atoms with Gasteiger partial charge in [0.05, 0.1) is 0 Å². The first-order valence-corrected chi connectivity index (χ1v) is 6.85. The number of allylic oxidation sites excluding steroid dienone is 2. The molecular weight excluding hydrogens is 218 g/mol. The molecule has 1 aromatic carbocycles. The second-order valence-electron chi connectivity index (χ2n) is 5.34. The second kappa shape index (κ2) is 6.01. The maximum Gasteiger partial charge on any atom is 0.0473 e. The first-order valence-electron chi connectivity index (χ1n) is 6.85. The second-order valence-corrected chi connectivity index (χ2v) is 5.34. The zero-order chi connectivity index (χ0) is 13.0. The first kappa shape index (κ1) is 13.1. The van der Waals surface area contributed by atoms with Crippen LogP contribution in [0.5, 0.6) is 0 Å². The van der Waals surface area contributed by atoms with E-state index in [1.165, 1.54) is 5.56 Å². The third-order valence-electron chi connectivity index (χ3n) is 3.55. The Morgan fingerprint density at radius 2 is 1.61 bits per heavy atom. The highest BCUT2D eigenvalue weighted by Gasteiger charge is 2.23. The van der Waals surface area contributed by atoms with Crippen molar-refractivity contribution in [3.05, 3.63) is 60.2 Å². The Morgan fingerprint density at radius 3 is 2.17 bits per heavy atom. The van der Waals surface area contributed by atoms with Gasteiger partial charge in [-0.15, -0.1) is 0 Å². The molecule has 1 heteroatoms. The average Bonchev–Trinajstić information content (AvgIpc) is 2.83. The Kier molecular flexibility index (Phi) is 4.38. The molecule has 2 rings (SSSR count). The van der Waals surface area contributed by atoms with Crippen LogP contribution in [0.3, 0.4) is 0 Å². The van der Waals surface area contributed by atoms with Crippen molar-refractivity contribution in [1.29, 1.82) is 0 Å². The summed E-state index contributed by atoms with van der Waals surface area (Å²) >= 11 is 0. The van der Waals surface area contributed by atoms with Gasteiger partial charge in [-0.1, -0.05) is 54.6 Å². The number of nitrogens with zero attached hydrogens (tertiary/aromatic N) is 1. The predicted octanol–water partition coefficient (Wildman–Crippen LogP) is 3.82. The summed E-state index contributed by atoms with van der Waals surface area (Å²) in [6.45, 7) is 6.88. The molecule has 0 fully saturated rings. The lowest BCUT2D eigenvalue weighted by molar-refractivity contribution is 0.150. The minimum Gasteiger partial charge on any atom is -0.288 e. The van der Waals surface area contributed by atoms with Gasteiger partial charge in [-0.25, -0.2) is 0 Å². The summed E-state index contributed by atoms with van der Waals surface area (Å²) in [6, 6.07) is 12.3. The van der Waals surface area contributed by atoms with Gasteiger partial charge in [0.2, 0.25) is 0 Å². The largest absolute Gasteiger partial charge is 0.288 e. The van der Waals surface area contributed by atoms with E-state index >= 15 is 0 Å². The number of hydrogen-bond acceptors (Lipinski definition) is 1. The Bertz CT molecular complexity index is 404. The van der Waals surface area contributed by atoms with Crippen LogP contribution in [0.2, 0.25) is 0 Å². The van der Waals surface area contributed by atoms with E-state index in [9.17, 15) is 0 Å². The molecule has 0 bridgehead atoms. The van der Waals surface area contributed by atoms with Crippen LogP contribution in [0.4, 0.5) is 0 Å². The van der Waals surface area contributed by atoms with E-state index in [1.54, 1.807) is 0 Å². The maximum atomic E-state index is 2.58. The molecule has 0 spiro atoms. The lowest BCUT2D eigenvalue weighted by atomic mass is 10.0. The van der Waals surface area contributed by atoms with E-state index in [4.69, 9.17) is 0 Å². The van der Waals surface area contributed by atoms with Crippen molar-refractivity contribution >= 4 is 0 Å². The molecule has 1 aliphatic carbocycles. The van der Waals surface area contributed by atoms with E-state index in [2.05, 4.69) is 80.3 Å². The zero-order valence-corrected chi connectivity index (χ0v) is 11.6. The minimum absolute atomic E-state index is 0.462. The number of hydrogen-bond donors (Lipinski definition) is 0. The summed E-state index contributed by atoms with van der Waals surface area (Å²) in [5.41, 5.74) is 1.42. The molecule has 1 nitrogen and oxygen atoms in total. The van der Waals surface area contributed by atoms with Gasteiger partial charge in [-0.3, -0.25) is 4.90 Å². The molecule has 0 saturated heterocycles. The van der Waals surface area contributed by atoms with E-state index in [1.807, 2.05) is 0 Å². The molecule has 0 aromatic heterocycles. The van der Waals surface area contributed by atoms with E-state index in [-0.39, 0.29) is 0 Å². The first-order chi connectivity index (χ1) is 8.68. The van der Waals surface area contributed by atoms with Crippen LogP contribution < -0.4 is 0 Å². The summed E-state index contributed by atoms with van der Waals surface area (Å²) in [6.07, 6.45) is 9.96. The molecule has 96 valence electrons. The van der Waals surface area contributed by atoms with Crippen molar-refractivity contribution in [2.24, 2.45) is 0 Å². The van der Waals surface area contributed by atoms with Gasteiger partial charge >= 0.3 is 0 Å². The highest BCUT2D eigenvalue weighted by atomic mass is 15.2. The van der Waals surface area contributed by atoms with Gasteiger partial charge in [-0.2, -0.15) is 0 Å². The highest BCUT2D eigenvalue weighted by Crippen LogP contribution is 2.19. The molecule has 0 heterocycles. The van der Waals surface area contributed by atoms with Crippen molar-refractivity contribution in [3.63, 3.8) is 0 Å². The van der Waals surface area contributed by atoms with E-state index in [0.29, 0.717) is 18.1 Å². The van der Waals surface area contributed by atoms with E-state index < -0.39 is 0 Å². The zero-order valence-electron chi connectivity index (χ0n) is 11.6. The van der Waals surface area contributed by atoms with Crippen molar-refractivity contribution in [3.8, 4) is 0 Å². The van der Waals surface area contributed by atoms with Crippen molar-refractivity contribution < 1.29 is 0 Å². The quantitative estimate of drug-likeness (QED) is 0.757. The van der Waals surface area contributed by atoms with Gasteiger partial charge in [0.1, 0.15) is 0 Å². The lowest BCUT2D eigenvalue weighted by Gasteiger charge is -2.36. The molecule has 0 radical (unpaired) electrons. The van der Waals surface area contributed by atoms with Crippen LogP contribution >= 0.6 is 0 Å². The highest BCUT2D eigenvalue weighted by molar-refractivity contribution is 5.23. The van der Waals surface area contributed by atoms with E-state index in [0.717, 1.165) is 6.42 Å². The fraction of sp³-hybridized carbons (Fsp3) is 0.412. The van der Waals surface area contributed by atoms with Gasteiger partial charge in [0.25, 0.3) is 0 Å². The molecule has 0 amide bonds. The van der Waals surface area contributed by atoms with Gasteiger partial charge in [0.15, 0.2) is 0 Å². The van der Waals surface area contributed by atoms with Crippen LogP contribution in [0, 0.1) is 0 Å². The molecule has 18 heavy (non-hydrogen) atoms. The smallest absolute Gasteiger partial charge is 0.0473 e. The lowest BCUT2D eigenvalue weighted by Crippen LogP contribution is -2.45. The average molecular weight is 241 g/mol. The molecule has 1 atom stereocenters. The Labute approximate surface area is 111 Å². The van der Waals surface area contributed by atoms with Crippen molar-refractivity contribution in [2.75, 3.05) is 0 Å².